The van der Waals surface area contributed by atoms with Gasteiger partial charge in [-0.25, -0.2) is 24.1 Å². The molecule has 364 valence electrons. The molecular weight excluding hydrogens is 885 g/mol. The van der Waals surface area contributed by atoms with Gasteiger partial charge >= 0.3 is 12.1 Å². The average Bonchev–Trinajstić information content (AvgIpc) is 3.76. The molecule has 0 bridgehead atoms. The summed E-state index contributed by atoms with van der Waals surface area (Å²) in [7, 11) is 5.37. The monoisotopic (exact) mass is 940 g/mol. The second kappa shape index (κ2) is 22.3. The van der Waals surface area contributed by atoms with E-state index in [9.17, 15) is 44.4 Å². The number of aliphatic hydroxyl groups excluding tert-OH is 4. The Bertz CT molecular complexity index is 2280. The Morgan fingerprint density at radius 2 is 1.72 bits per heavy atom. The first kappa shape index (κ1) is 50.5. The number of anilines is 1. The second-order valence-corrected chi connectivity index (χ2v) is 16.4. The Labute approximate surface area is 384 Å². The highest BCUT2D eigenvalue weighted by Crippen LogP contribution is 2.32. The predicted octanol–water partition coefficient (Wildman–Crippen LogP) is -1.66. The highest BCUT2D eigenvalue weighted by Gasteiger charge is 2.53. The third-order valence-electron chi connectivity index (χ3n) is 12.2. The number of piperidine rings is 1. The van der Waals surface area contributed by atoms with Crippen molar-refractivity contribution in [2.24, 2.45) is 5.92 Å². The van der Waals surface area contributed by atoms with E-state index in [1.807, 2.05) is 18.0 Å². The summed E-state index contributed by atoms with van der Waals surface area (Å²) in [6, 6.07) is 6.99. The third-order valence-corrected chi connectivity index (χ3v) is 12.2. The van der Waals surface area contributed by atoms with E-state index in [4.69, 9.17) is 38.4 Å². The summed E-state index contributed by atoms with van der Waals surface area (Å²) in [5.74, 6) is -1.78. The molecule has 3 fully saturated rings. The normalized spacial score (nSPS) is 29.0. The first-order valence-electron chi connectivity index (χ1n) is 21.4. The van der Waals surface area contributed by atoms with Crippen molar-refractivity contribution >= 4 is 46.6 Å². The lowest BCUT2D eigenvalue weighted by atomic mass is 9.92. The predicted molar refractivity (Wildman–Crippen MR) is 229 cm³/mol. The van der Waals surface area contributed by atoms with Gasteiger partial charge in [0.25, 0.3) is 5.91 Å². The second-order valence-electron chi connectivity index (χ2n) is 16.4. The Morgan fingerprint density at radius 1 is 0.985 bits per heavy atom. The van der Waals surface area contributed by atoms with Gasteiger partial charge in [-0.15, -0.1) is 0 Å². The largest absolute Gasteiger partial charge is 0.467 e. The molecule has 0 saturated carbocycles. The number of fused-ring (bicyclic) bond motifs is 1. The molecule has 24 nitrogen and oxygen atoms in total. The number of likely N-dealkylation sites (N-methyl/N-ethyl adjacent to an activating group) is 1. The molecule has 5 heterocycles. The molecule has 13 atom stereocenters. The number of amides is 3. The van der Waals surface area contributed by atoms with Gasteiger partial charge < -0.3 is 74.0 Å². The van der Waals surface area contributed by atoms with Crippen molar-refractivity contribution in [3.05, 3.63) is 48.4 Å². The van der Waals surface area contributed by atoms with Crippen LogP contribution in [0.5, 0.6) is 5.75 Å². The summed E-state index contributed by atoms with van der Waals surface area (Å²) in [5, 5.41) is 57.7. The first-order valence-corrected chi connectivity index (χ1v) is 21.4. The minimum Gasteiger partial charge on any atom is -0.467 e. The van der Waals surface area contributed by atoms with E-state index >= 15 is 0 Å². The molecule has 67 heavy (non-hydrogen) atoms. The van der Waals surface area contributed by atoms with Gasteiger partial charge in [0.05, 0.1) is 31.2 Å². The third kappa shape index (κ3) is 11.1. The van der Waals surface area contributed by atoms with Crippen molar-refractivity contribution in [1.82, 2.24) is 30.1 Å². The van der Waals surface area contributed by atoms with E-state index in [0.29, 0.717) is 29.9 Å². The van der Waals surface area contributed by atoms with Crippen LogP contribution in [0.25, 0.3) is 11.0 Å². The van der Waals surface area contributed by atoms with Gasteiger partial charge in [0.15, 0.2) is 24.3 Å². The molecule has 0 aliphatic carbocycles. The maximum atomic E-state index is 13.9. The minimum atomic E-state index is -1.87. The summed E-state index contributed by atoms with van der Waals surface area (Å²) in [5.41, 5.74) is 0.763. The molecule has 3 saturated heterocycles. The molecule has 3 aliphatic heterocycles. The number of nitrogens with zero attached hydrogens (tertiary/aromatic N) is 6. The summed E-state index contributed by atoms with van der Waals surface area (Å²) in [6.07, 6.45) is -11.9. The van der Waals surface area contributed by atoms with Gasteiger partial charge in [-0.1, -0.05) is 19.1 Å². The van der Waals surface area contributed by atoms with E-state index in [1.54, 1.807) is 23.1 Å². The van der Waals surface area contributed by atoms with Crippen LogP contribution in [0.2, 0.25) is 0 Å². The fourth-order valence-electron chi connectivity index (χ4n) is 8.55. The Hall–Kier alpha value is -5.88. The molecule has 1 aromatic carbocycles. The zero-order valence-corrected chi connectivity index (χ0v) is 37.7. The molecule has 4 unspecified atom stereocenters. The van der Waals surface area contributed by atoms with Crippen LogP contribution in [0.3, 0.4) is 0 Å². The van der Waals surface area contributed by atoms with E-state index in [2.05, 4.69) is 27.5 Å². The number of benzene rings is 1. The lowest BCUT2D eigenvalue weighted by Crippen LogP contribution is -2.68. The van der Waals surface area contributed by atoms with Crippen LogP contribution < -0.4 is 20.3 Å². The smallest absolute Gasteiger partial charge is 0.425 e. The van der Waals surface area contributed by atoms with Crippen LogP contribution in [0.4, 0.5) is 10.6 Å². The van der Waals surface area contributed by atoms with Gasteiger partial charge in [-0.2, -0.15) is 5.26 Å². The lowest BCUT2D eigenvalue weighted by Gasteiger charge is -2.47. The van der Waals surface area contributed by atoms with Gasteiger partial charge in [-0.3, -0.25) is 14.4 Å². The number of nitrogens with one attached hydrogen (secondary N) is 2. The maximum Gasteiger partial charge on any atom is 0.425 e. The number of aliphatic hydroxyl groups is 4. The number of carbonyl (C=O) groups excluding carboxylic acids is 5. The van der Waals surface area contributed by atoms with Crippen LogP contribution in [0.15, 0.2) is 42.9 Å². The van der Waals surface area contributed by atoms with Crippen molar-refractivity contribution in [3.63, 3.8) is 0 Å². The Morgan fingerprint density at radius 3 is 2.36 bits per heavy atom. The highest BCUT2D eigenvalue weighted by atomic mass is 16.7. The van der Waals surface area contributed by atoms with Crippen LogP contribution >= 0.6 is 0 Å². The highest BCUT2D eigenvalue weighted by molar-refractivity contribution is 5.94. The number of methoxy groups -OCH3 is 3. The van der Waals surface area contributed by atoms with Gasteiger partial charge in [-0.05, 0) is 36.1 Å². The number of hydrogen-bond donors (Lipinski definition) is 6. The number of rotatable bonds is 15. The number of likely N-dealkylation sites (tertiary alicyclic amines) is 1. The lowest BCUT2D eigenvalue weighted by molar-refractivity contribution is -0.338. The molecule has 2 aromatic heterocycles. The number of hydrogen-bond acceptors (Lipinski definition) is 20. The molecule has 0 radical (unpaired) electrons. The number of ether oxygens (including phenoxy) is 7. The summed E-state index contributed by atoms with van der Waals surface area (Å²) in [4.78, 5) is 77.5. The standard InChI is InChI=1S/C43H56N8O16/c1-21-12-15-50(29(54)11-14-44)18-27(21)49(3)37-25-13-16-51(38(25)46-20-45-37)43(60)64-24-9-7-23(8-10-24)17-26(40(59)62-5)48-39(58)36-35(61-4)32(56)33(57)42(67-36)66-34-30(47-22(2)53)41(63-6)65-28(19-52)31(34)55/h7-10,13,16,20-21,26-28,30-36,41-42,52,55-57H,11-12,15,17-19H2,1-6H3,(H,47,53)(H,48,58)/t21-,26+,27+,28?,30?,31-,32-,33?,34-,35+,36?,41-,42-/m1/s1. The zero-order chi connectivity index (χ0) is 48.7. The van der Waals surface area contributed by atoms with Crippen LogP contribution in [0, 0.1) is 17.2 Å². The van der Waals surface area contributed by atoms with Crippen LogP contribution in [-0.4, -0.2) is 191 Å². The van der Waals surface area contributed by atoms with Crippen molar-refractivity contribution in [2.45, 2.75) is 107 Å². The van der Waals surface area contributed by atoms with Gasteiger partial charge in [0.2, 0.25) is 11.8 Å². The Kier molecular flexibility index (Phi) is 16.8. The summed E-state index contributed by atoms with van der Waals surface area (Å²) in [6.45, 7) is 3.54. The number of nitriles is 1. The number of aromatic nitrogens is 3. The van der Waals surface area contributed by atoms with Crippen molar-refractivity contribution in [3.8, 4) is 11.8 Å². The van der Waals surface area contributed by atoms with Crippen LogP contribution in [-0.2, 0) is 54.0 Å². The van der Waals surface area contributed by atoms with Crippen molar-refractivity contribution in [1.29, 1.82) is 5.26 Å². The van der Waals surface area contributed by atoms with E-state index in [1.165, 1.54) is 43.3 Å². The topological polar surface area (TPSA) is 316 Å². The van der Waals surface area contributed by atoms with Gasteiger partial charge in [0.1, 0.15) is 73.0 Å². The zero-order valence-electron chi connectivity index (χ0n) is 37.7. The van der Waals surface area contributed by atoms with E-state index < -0.39 is 97.9 Å². The average molecular weight is 941 g/mol. The summed E-state index contributed by atoms with van der Waals surface area (Å²) < 4.78 is 39.8. The van der Waals surface area contributed by atoms with E-state index in [-0.39, 0.29) is 42.1 Å². The molecule has 6 rings (SSSR count). The van der Waals surface area contributed by atoms with Crippen molar-refractivity contribution in [2.75, 3.05) is 53.0 Å². The van der Waals surface area contributed by atoms with Crippen molar-refractivity contribution < 1.29 is 77.6 Å². The molecule has 3 aromatic rings. The van der Waals surface area contributed by atoms with Gasteiger partial charge in [0, 0.05) is 53.9 Å². The fourth-order valence-corrected chi connectivity index (χ4v) is 8.55. The number of esters is 1. The SMILES string of the molecule is COC(=O)[C@H](Cc1ccc(OC(=O)n2ccc3c(N(C)[C@H]4CN(C(=O)CC#N)CC[C@H]4C)ncnc32)cc1)NC(=O)C1O[C@@H](O[C@@H]2C(NC(C)=O)[C@H](OC)OC(CO)[C@H]2O)C(O)[C@@H](O)[C@@H]1OC. The molecule has 3 amide bonds. The first-order chi connectivity index (χ1) is 32.0. The summed E-state index contributed by atoms with van der Waals surface area (Å²) >= 11 is 0. The fraction of sp³-hybridized carbons (Fsp3) is 0.581. The minimum absolute atomic E-state index is 0.122. The Balaban J connectivity index is 1.13. The quantitative estimate of drug-likeness (QED) is 0.0929. The maximum absolute atomic E-state index is 13.9. The number of carbonyl (C=O) groups is 5. The molecule has 3 aliphatic rings. The molecule has 0 spiro atoms. The molecule has 6 N–H and O–H groups in total. The molecule has 24 heteroatoms. The molecular formula is C43H56N8O16. The van der Waals surface area contributed by atoms with Crippen LogP contribution in [0.1, 0.15) is 32.3 Å². The van der Waals surface area contributed by atoms with E-state index in [0.717, 1.165) is 20.6 Å².